The van der Waals surface area contributed by atoms with Gasteiger partial charge < -0.3 is 15.7 Å². The molecule has 0 aliphatic rings. The average Bonchev–Trinajstić information content (AvgIpc) is 2.26. The number of rotatable bonds is 8. The molecule has 0 aromatic carbocycles. The number of carbonyl (C=O) groups is 1. The monoisotopic (exact) mass is 227 g/mol. The largest absolute Gasteiger partial charge is 0.490 e. The van der Waals surface area contributed by atoms with Gasteiger partial charge in [0.05, 0.1) is 6.54 Å². The Morgan fingerprint density at radius 2 is 2.12 bits per heavy atom. The molecule has 0 saturated carbocycles. The minimum absolute atomic E-state index is 0.0361. The van der Waals surface area contributed by atoms with Crippen molar-refractivity contribution in [2.24, 2.45) is 0 Å². The SMILES string of the molecule is CCCCCCNC(=O)CN/C(O)=C\[N+]#N. The van der Waals surface area contributed by atoms with Crippen LogP contribution in [0.3, 0.4) is 0 Å². The summed E-state index contributed by atoms with van der Waals surface area (Å²) < 4.78 is 0. The Morgan fingerprint density at radius 3 is 2.75 bits per heavy atom. The maximum atomic E-state index is 11.2. The van der Waals surface area contributed by atoms with E-state index in [0.29, 0.717) is 6.54 Å². The van der Waals surface area contributed by atoms with Crippen LogP contribution in [0, 0.1) is 5.39 Å². The van der Waals surface area contributed by atoms with Gasteiger partial charge in [0.25, 0.3) is 5.88 Å². The van der Waals surface area contributed by atoms with Crippen molar-refractivity contribution in [1.82, 2.24) is 10.6 Å². The van der Waals surface area contributed by atoms with E-state index in [0.717, 1.165) is 19.0 Å². The Morgan fingerprint density at radius 1 is 1.38 bits per heavy atom. The van der Waals surface area contributed by atoms with Crippen LogP contribution in [-0.4, -0.2) is 24.1 Å². The summed E-state index contributed by atoms with van der Waals surface area (Å²) in [5, 5.41) is 22.1. The molecule has 0 saturated heterocycles. The number of aliphatic hydroxyl groups is 1. The summed E-state index contributed by atoms with van der Waals surface area (Å²) in [6, 6.07) is 0. The topological polar surface area (TPSA) is 89.5 Å². The molecule has 0 bridgehead atoms. The molecular formula is C10H19N4O2+. The van der Waals surface area contributed by atoms with Crippen LogP contribution in [-0.2, 0) is 4.79 Å². The third-order valence-electron chi connectivity index (χ3n) is 1.96. The number of unbranched alkanes of at least 4 members (excludes halogenated alkanes) is 3. The second-order valence-electron chi connectivity index (χ2n) is 3.39. The molecule has 1 amide bonds. The van der Waals surface area contributed by atoms with E-state index < -0.39 is 0 Å². The van der Waals surface area contributed by atoms with Gasteiger partial charge >= 0.3 is 6.20 Å². The van der Waals surface area contributed by atoms with Crippen molar-refractivity contribution < 1.29 is 9.90 Å². The van der Waals surface area contributed by atoms with Gasteiger partial charge in [0, 0.05) is 6.54 Å². The number of nitrogens with zero attached hydrogens (tertiary/aromatic N) is 2. The van der Waals surface area contributed by atoms with Crippen LogP contribution in [0.25, 0.3) is 4.98 Å². The van der Waals surface area contributed by atoms with Gasteiger partial charge in [0.1, 0.15) is 0 Å². The molecule has 0 aliphatic heterocycles. The summed E-state index contributed by atoms with van der Waals surface area (Å²) in [4.78, 5) is 13.8. The Bertz CT molecular complexity index is 270. The van der Waals surface area contributed by atoms with Crippen LogP contribution in [0.15, 0.2) is 12.1 Å². The molecule has 0 radical (unpaired) electrons. The fourth-order valence-electron chi connectivity index (χ4n) is 1.11. The van der Waals surface area contributed by atoms with Gasteiger partial charge in [-0.15, -0.1) is 0 Å². The van der Waals surface area contributed by atoms with Crippen molar-refractivity contribution in [1.29, 1.82) is 5.39 Å². The first-order valence-corrected chi connectivity index (χ1v) is 5.44. The fourth-order valence-corrected chi connectivity index (χ4v) is 1.11. The van der Waals surface area contributed by atoms with E-state index in [1.165, 1.54) is 12.8 Å². The van der Waals surface area contributed by atoms with E-state index in [2.05, 4.69) is 22.5 Å². The predicted molar refractivity (Wildman–Crippen MR) is 61.0 cm³/mol. The molecular weight excluding hydrogens is 208 g/mol. The minimum atomic E-state index is -0.344. The van der Waals surface area contributed by atoms with Gasteiger partial charge in [-0.2, -0.15) is 0 Å². The normalized spacial score (nSPS) is 10.6. The molecule has 90 valence electrons. The van der Waals surface area contributed by atoms with Crippen LogP contribution in [0.4, 0.5) is 0 Å². The third kappa shape index (κ3) is 8.81. The van der Waals surface area contributed by atoms with Crippen molar-refractivity contribution in [3.63, 3.8) is 0 Å². The number of carbonyl (C=O) groups excluding carboxylic acids is 1. The molecule has 0 atom stereocenters. The van der Waals surface area contributed by atoms with E-state index in [-0.39, 0.29) is 18.3 Å². The quantitative estimate of drug-likeness (QED) is 0.333. The second-order valence-corrected chi connectivity index (χ2v) is 3.39. The third-order valence-corrected chi connectivity index (χ3v) is 1.96. The Kier molecular flexibility index (Phi) is 8.69. The highest BCUT2D eigenvalue weighted by Crippen LogP contribution is 1.96. The molecule has 0 aliphatic carbocycles. The smallest absolute Gasteiger partial charge is 0.409 e. The first-order valence-electron chi connectivity index (χ1n) is 5.44. The number of hydrogen-bond acceptors (Lipinski definition) is 4. The van der Waals surface area contributed by atoms with E-state index in [1.807, 2.05) is 0 Å². The lowest BCUT2D eigenvalue weighted by molar-refractivity contribution is -0.120. The first-order chi connectivity index (χ1) is 7.70. The zero-order valence-corrected chi connectivity index (χ0v) is 9.57. The van der Waals surface area contributed by atoms with Gasteiger partial charge in [-0.25, -0.2) is 0 Å². The maximum absolute atomic E-state index is 11.2. The van der Waals surface area contributed by atoms with Crippen molar-refractivity contribution in [3.8, 4) is 0 Å². The maximum Gasteiger partial charge on any atom is 0.409 e. The molecule has 0 aromatic heterocycles. The Hall–Kier alpha value is -1.77. The van der Waals surface area contributed by atoms with Crippen LogP contribution < -0.4 is 10.6 Å². The summed E-state index contributed by atoms with van der Waals surface area (Å²) in [5.74, 6) is -0.543. The van der Waals surface area contributed by atoms with E-state index >= 15 is 0 Å². The summed E-state index contributed by atoms with van der Waals surface area (Å²) >= 11 is 0. The summed E-state index contributed by atoms with van der Waals surface area (Å²) in [7, 11) is 0. The van der Waals surface area contributed by atoms with Crippen LogP contribution in [0.1, 0.15) is 32.6 Å². The van der Waals surface area contributed by atoms with Gasteiger partial charge in [-0.1, -0.05) is 26.2 Å². The van der Waals surface area contributed by atoms with Crippen LogP contribution in [0.2, 0.25) is 0 Å². The molecule has 0 spiro atoms. The highest BCUT2D eigenvalue weighted by Gasteiger charge is 2.03. The van der Waals surface area contributed by atoms with E-state index in [9.17, 15) is 4.79 Å². The fraction of sp³-hybridized carbons (Fsp3) is 0.700. The van der Waals surface area contributed by atoms with Gasteiger partial charge in [0.2, 0.25) is 11.3 Å². The lowest BCUT2D eigenvalue weighted by Gasteiger charge is -2.05. The molecule has 16 heavy (non-hydrogen) atoms. The molecule has 0 fully saturated rings. The van der Waals surface area contributed by atoms with Gasteiger partial charge in [0.15, 0.2) is 4.98 Å². The van der Waals surface area contributed by atoms with Crippen LogP contribution >= 0.6 is 0 Å². The van der Waals surface area contributed by atoms with Gasteiger partial charge in [-0.05, 0) is 6.42 Å². The lowest BCUT2D eigenvalue weighted by Crippen LogP contribution is -2.34. The number of hydrogen-bond donors (Lipinski definition) is 3. The van der Waals surface area contributed by atoms with Crippen molar-refractivity contribution in [3.05, 3.63) is 17.1 Å². The number of diazo groups is 1. The standard InChI is InChI=1S/C10H18N4O2/c1-2-3-4-5-6-12-9(15)7-13-10(16)8-14-11/h8,13H,2-7H2,1H3,(H-,12,15,16)/p+1/b10-8+. The number of nitrogens with one attached hydrogen (secondary N) is 2. The lowest BCUT2D eigenvalue weighted by atomic mass is 10.2. The predicted octanol–water partition coefficient (Wildman–Crippen LogP) is 1.48. The summed E-state index contributed by atoms with van der Waals surface area (Å²) in [5.41, 5.74) is 0. The Balaban J connectivity index is 3.46. The van der Waals surface area contributed by atoms with Crippen molar-refractivity contribution in [2.45, 2.75) is 32.6 Å². The van der Waals surface area contributed by atoms with E-state index in [1.54, 1.807) is 0 Å². The second kappa shape index (κ2) is 9.77. The van der Waals surface area contributed by atoms with E-state index in [4.69, 9.17) is 10.5 Å². The molecule has 6 nitrogen and oxygen atoms in total. The Labute approximate surface area is 95.3 Å². The summed E-state index contributed by atoms with van der Waals surface area (Å²) in [6.45, 7) is 2.74. The number of amides is 1. The zero-order valence-electron chi connectivity index (χ0n) is 9.57. The van der Waals surface area contributed by atoms with Crippen LogP contribution in [0.5, 0.6) is 0 Å². The first kappa shape index (κ1) is 14.2. The minimum Gasteiger partial charge on any atom is -0.490 e. The molecule has 0 aromatic rings. The molecule has 0 heterocycles. The zero-order chi connectivity index (χ0) is 12.2. The average molecular weight is 227 g/mol. The molecule has 0 rings (SSSR count). The van der Waals surface area contributed by atoms with Gasteiger partial charge in [-0.3, -0.25) is 4.79 Å². The number of aliphatic hydroxyl groups excluding tert-OH is 1. The molecule has 0 unspecified atom stereocenters. The highest BCUT2D eigenvalue weighted by atomic mass is 16.3. The molecule has 6 heteroatoms. The van der Waals surface area contributed by atoms with Crippen molar-refractivity contribution >= 4 is 5.91 Å². The summed E-state index contributed by atoms with van der Waals surface area (Å²) in [6.07, 6.45) is 5.23. The molecule has 3 N–H and O–H groups in total. The van der Waals surface area contributed by atoms with Crippen molar-refractivity contribution in [2.75, 3.05) is 13.1 Å². The highest BCUT2D eigenvalue weighted by molar-refractivity contribution is 5.78.